The summed E-state index contributed by atoms with van der Waals surface area (Å²) in [5.41, 5.74) is 3.06. The van der Waals surface area contributed by atoms with Gasteiger partial charge in [-0.25, -0.2) is 0 Å². The first-order chi connectivity index (χ1) is 15.5. The van der Waals surface area contributed by atoms with Gasteiger partial charge in [0.05, 0.1) is 5.41 Å². The lowest BCUT2D eigenvalue weighted by molar-refractivity contribution is -0.286. The van der Waals surface area contributed by atoms with Crippen molar-refractivity contribution in [3.63, 3.8) is 0 Å². The quantitative estimate of drug-likeness (QED) is 0.489. The van der Waals surface area contributed by atoms with Gasteiger partial charge in [0.25, 0.3) is 0 Å². The van der Waals surface area contributed by atoms with Crippen molar-refractivity contribution in [2.75, 3.05) is 5.32 Å². The number of nitrogens with one attached hydrogen (secondary N) is 1. The molecule has 1 aliphatic carbocycles. The molecule has 0 saturated heterocycles. The highest BCUT2D eigenvalue weighted by atomic mass is 19.3. The van der Waals surface area contributed by atoms with Crippen LogP contribution in [0.5, 0.6) is 11.5 Å². The zero-order valence-corrected chi connectivity index (χ0v) is 19.3. The molecule has 3 aromatic rings. The molecule has 5 nitrogen and oxygen atoms in total. The van der Waals surface area contributed by atoms with Crippen molar-refractivity contribution in [2.45, 2.75) is 70.6 Å². The zero-order valence-electron chi connectivity index (χ0n) is 19.3. The minimum atomic E-state index is -3.67. The average Bonchev–Trinajstić information content (AvgIpc) is 3.37. The smallest absolute Gasteiger partial charge is 0.395 e. The van der Waals surface area contributed by atoms with Gasteiger partial charge in [-0.15, -0.1) is 8.78 Å². The predicted octanol–water partition coefficient (Wildman–Crippen LogP) is 6.34. The monoisotopic (exact) mass is 454 g/mol. The number of halogens is 2. The number of carbonyl (C=O) groups excluding carboxylic acids is 1. The number of benzene rings is 2. The maximum absolute atomic E-state index is 13.4. The third-order valence-corrected chi connectivity index (χ3v) is 6.51. The second-order valence-corrected chi connectivity index (χ2v) is 10.1. The number of anilines is 1. The Morgan fingerprint density at radius 2 is 1.79 bits per heavy atom. The second kappa shape index (κ2) is 7.20. The number of hydrogen-bond donors (Lipinski definition) is 1. The Hall–Kier alpha value is -3.09. The lowest BCUT2D eigenvalue weighted by Gasteiger charge is -2.21. The van der Waals surface area contributed by atoms with Crippen LogP contribution in [0.2, 0.25) is 0 Å². The number of fused-ring (bicyclic) bond motifs is 2. The van der Waals surface area contributed by atoms with E-state index in [9.17, 15) is 13.6 Å². The second-order valence-electron chi connectivity index (χ2n) is 10.1. The van der Waals surface area contributed by atoms with Crippen molar-refractivity contribution in [1.82, 2.24) is 4.57 Å². The first kappa shape index (κ1) is 21.7. The third kappa shape index (κ3) is 3.73. The first-order valence-corrected chi connectivity index (χ1v) is 11.4. The van der Waals surface area contributed by atoms with Crippen LogP contribution in [0.1, 0.15) is 58.2 Å². The number of aromatic nitrogens is 1. The van der Waals surface area contributed by atoms with E-state index < -0.39 is 11.7 Å². The van der Waals surface area contributed by atoms with Crippen LogP contribution in [-0.2, 0) is 22.2 Å². The third-order valence-electron chi connectivity index (χ3n) is 6.51. The molecule has 5 rings (SSSR count). The van der Waals surface area contributed by atoms with E-state index in [1.54, 1.807) is 6.07 Å². The lowest BCUT2D eigenvalue weighted by Crippen LogP contribution is -2.27. The molecule has 1 amide bonds. The summed E-state index contributed by atoms with van der Waals surface area (Å²) in [6.45, 7) is 9.71. The van der Waals surface area contributed by atoms with Gasteiger partial charge in [-0.05, 0) is 61.2 Å². The average molecular weight is 455 g/mol. The Bertz CT molecular complexity index is 1250. The topological polar surface area (TPSA) is 52.5 Å². The number of alkyl halides is 2. The van der Waals surface area contributed by atoms with E-state index in [-0.39, 0.29) is 22.8 Å². The van der Waals surface area contributed by atoms with Crippen molar-refractivity contribution in [3.05, 3.63) is 53.7 Å². The Kier molecular flexibility index (Phi) is 4.75. The number of rotatable bonds is 5. The number of amides is 1. The Labute approximate surface area is 191 Å². The molecule has 0 radical (unpaired) electrons. The number of hydrogen-bond acceptors (Lipinski definition) is 3. The van der Waals surface area contributed by atoms with Crippen LogP contribution in [0.15, 0.2) is 42.5 Å². The molecule has 0 atom stereocenters. The number of aryl methyl sites for hydroxylation is 1. The highest BCUT2D eigenvalue weighted by Crippen LogP contribution is 2.52. The molecular weight excluding hydrogens is 426 g/mol. The summed E-state index contributed by atoms with van der Waals surface area (Å²) in [7, 11) is 0. The molecular formula is C26H28F2N2O3. The van der Waals surface area contributed by atoms with Crippen LogP contribution in [0.4, 0.5) is 14.5 Å². The van der Waals surface area contributed by atoms with E-state index in [4.69, 9.17) is 0 Å². The van der Waals surface area contributed by atoms with Gasteiger partial charge in [0.1, 0.15) is 0 Å². The number of carbonyl (C=O) groups is 1. The molecule has 174 valence electrons. The standard InChI is InChI=1S/C26H28F2N2O3/c1-5-12-30-19-8-7-18(13-16(19)14-22(30)24(2,3)4)29-23(31)25(10-11-25)17-6-9-20-21(15-17)33-26(27,28)32-20/h6-9,13-15H,5,10-12H2,1-4H3,(H,29,31). The van der Waals surface area contributed by atoms with E-state index >= 15 is 0 Å². The van der Waals surface area contributed by atoms with Gasteiger partial charge in [0, 0.05) is 34.2 Å². The molecule has 1 fully saturated rings. The van der Waals surface area contributed by atoms with Crippen molar-refractivity contribution < 1.29 is 23.0 Å². The molecule has 0 unspecified atom stereocenters. The van der Waals surface area contributed by atoms with Gasteiger partial charge in [-0.1, -0.05) is 33.8 Å². The van der Waals surface area contributed by atoms with E-state index in [1.807, 2.05) is 12.1 Å². The molecule has 2 aromatic carbocycles. The summed E-state index contributed by atoms with van der Waals surface area (Å²) in [6, 6.07) is 12.8. The fourth-order valence-electron chi connectivity index (χ4n) is 4.70. The number of nitrogens with zero attached hydrogens (tertiary/aromatic N) is 1. The molecule has 33 heavy (non-hydrogen) atoms. The van der Waals surface area contributed by atoms with Gasteiger partial charge in [-0.3, -0.25) is 4.79 Å². The van der Waals surface area contributed by atoms with Crippen LogP contribution in [0.3, 0.4) is 0 Å². The van der Waals surface area contributed by atoms with Gasteiger partial charge in [0.2, 0.25) is 5.91 Å². The van der Waals surface area contributed by atoms with Gasteiger partial charge in [0.15, 0.2) is 11.5 Å². The van der Waals surface area contributed by atoms with Gasteiger partial charge >= 0.3 is 6.29 Å². The molecule has 7 heteroatoms. The minimum Gasteiger partial charge on any atom is -0.395 e. The van der Waals surface area contributed by atoms with Gasteiger partial charge in [-0.2, -0.15) is 0 Å². The highest BCUT2D eigenvalue weighted by molar-refractivity contribution is 6.02. The maximum Gasteiger partial charge on any atom is 0.586 e. The summed E-state index contributed by atoms with van der Waals surface area (Å²) in [4.78, 5) is 13.3. The van der Waals surface area contributed by atoms with Crippen molar-refractivity contribution in [1.29, 1.82) is 0 Å². The maximum atomic E-state index is 13.4. The SMILES string of the molecule is CCCn1c(C(C)(C)C)cc2cc(NC(=O)C3(c4ccc5c(c4)OC(F)(F)O5)CC3)ccc21. The summed E-state index contributed by atoms with van der Waals surface area (Å²) < 4.78 is 38.2. The fourth-order valence-corrected chi connectivity index (χ4v) is 4.70. The van der Waals surface area contributed by atoms with Crippen molar-refractivity contribution >= 4 is 22.5 Å². The minimum absolute atomic E-state index is 0.00579. The molecule has 1 aromatic heterocycles. The van der Waals surface area contributed by atoms with Crippen LogP contribution in [0.25, 0.3) is 10.9 Å². The van der Waals surface area contributed by atoms with Crippen molar-refractivity contribution in [2.24, 2.45) is 0 Å². The van der Waals surface area contributed by atoms with Crippen LogP contribution in [0, 0.1) is 0 Å². The highest BCUT2D eigenvalue weighted by Gasteiger charge is 2.52. The molecule has 2 heterocycles. The summed E-state index contributed by atoms with van der Waals surface area (Å²) >= 11 is 0. The fraction of sp³-hybridized carbons (Fsp3) is 0.423. The van der Waals surface area contributed by atoms with E-state index in [2.05, 4.69) is 59.2 Å². The molecule has 0 spiro atoms. The molecule has 0 bridgehead atoms. The zero-order chi connectivity index (χ0) is 23.6. The van der Waals surface area contributed by atoms with Gasteiger partial charge < -0.3 is 19.4 Å². The van der Waals surface area contributed by atoms with Crippen LogP contribution < -0.4 is 14.8 Å². The summed E-state index contributed by atoms with van der Waals surface area (Å²) in [5.74, 6) is -0.196. The molecule has 1 N–H and O–H groups in total. The van der Waals surface area contributed by atoms with Crippen molar-refractivity contribution in [3.8, 4) is 11.5 Å². The van der Waals surface area contributed by atoms with Crippen LogP contribution >= 0.6 is 0 Å². The molecule has 2 aliphatic rings. The molecule has 1 aliphatic heterocycles. The normalized spacial score (nSPS) is 17.9. The largest absolute Gasteiger partial charge is 0.586 e. The Balaban J connectivity index is 1.42. The Morgan fingerprint density at radius 3 is 2.45 bits per heavy atom. The predicted molar refractivity (Wildman–Crippen MR) is 123 cm³/mol. The number of ether oxygens (including phenoxy) is 2. The van der Waals surface area contributed by atoms with E-state index in [0.717, 1.165) is 29.6 Å². The Morgan fingerprint density at radius 1 is 1.06 bits per heavy atom. The van der Waals surface area contributed by atoms with E-state index in [0.29, 0.717) is 18.4 Å². The first-order valence-electron chi connectivity index (χ1n) is 11.4. The summed E-state index contributed by atoms with van der Waals surface area (Å²) in [5, 5.41) is 4.13. The summed E-state index contributed by atoms with van der Waals surface area (Å²) in [6.07, 6.45) is -1.33. The van der Waals surface area contributed by atoms with Crippen LogP contribution in [-0.4, -0.2) is 16.8 Å². The lowest BCUT2D eigenvalue weighted by atomic mass is 9.92. The molecule has 1 saturated carbocycles. The van der Waals surface area contributed by atoms with E-state index in [1.165, 1.54) is 17.8 Å².